The van der Waals surface area contributed by atoms with E-state index >= 15 is 0 Å². The molecule has 0 aliphatic heterocycles. The molecule has 0 N–H and O–H groups in total. The first-order valence-electron chi connectivity index (χ1n) is 6.40. The molecule has 2 rings (SSSR count). The predicted octanol–water partition coefficient (Wildman–Crippen LogP) is 4.30. The van der Waals surface area contributed by atoms with Crippen LogP contribution in [0.2, 0.25) is 10.0 Å². The summed E-state index contributed by atoms with van der Waals surface area (Å²) in [4.78, 5) is 0.0386. The van der Waals surface area contributed by atoms with E-state index in [1.807, 2.05) is 0 Å². The molecule has 0 radical (unpaired) electrons. The fourth-order valence-corrected chi connectivity index (χ4v) is 5.12. The number of rotatable bonds is 4. The van der Waals surface area contributed by atoms with Crippen molar-refractivity contribution in [3.63, 3.8) is 0 Å². The molecule has 0 heterocycles. The lowest BCUT2D eigenvalue weighted by Gasteiger charge is -2.24. The molecule has 1 aliphatic rings. The molecule has 0 amide bonds. The van der Waals surface area contributed by atoms with Gasteiger partial charge in [0.1, 0.15) is 4.90 Å². The van der Waals surface area contributed by atoms with E-state index in [0.717, 1.165) is 25.7 Å². The lowest BCUT2D eigenvalue weighted by molar-refractivity contribution is 0.373. The van der Waals surface area contributed by atoms with Crippen LogP contribution < -0.4 is 0 Å². The van der Waals surface area contributed by atoms with E-state index in [1.54, 1.807) is 13.1 Å². The topological polar surface area (TPSA) is 37.4 Å². The molecule has 1 aromatic rings. The van der Waals surface area contributed by atoms with Crippen LogP contribution in [0.4, 0.5) is 0 Å². The van der Waals surface area contributed by atoms with Gasteiger partial charge < -0.3 is 0 Å². The van der Waals surface area contributed by atoms with E-state index in [2.05, 4.69) is 0 Å². The Morgan fingerprint density at radius 1 is 1.25 bits per heavy atom. The maximum Gasteiger partial charge on any atom is 0.244 e. The molecule has 0 bridgehead atoms. The van der Waals surface area contributed by atoms with Crippen LogP contribution in [0, 0.1) is 0 Å². The standard InChI is InChI=1S/C13H16Cl3NO2S/c1-17(11-4-2-3-5-11)20(18,19)12-7-10(15)6-9(8-14)13(12)16/h6-7,11H,2-5,8H2,1H3. The minimum Gasteiger partial charge on any atom is -0.207 e. The van der Waals surface area contributed by atoms with Gasteiger partial charge in [0.25, 0.3) is 0 Å². The van der Waals surface area contributed by atoms with Gasteiger partial charge in [0, 0.05) is 24.0 Å². The Labute approximate surface area is 134 Å². The molecule has 20 heavy (non-hydrogen) atoms. The molecule has 7 heteroatoms. The summed E-state index contributed by atoms with van der Waals surface area (Å²) in [6, 6.07) is 3.01. The summed E-state index contributed by atoms with van der Waals surface area (Å²) < 4.78 is 26.8. The van der Waals surface area contributed by atoms with Crippen molar-refractivity contribution in [2.24, 2.45) is 0 Å². The highest BCUT2D eigenvalue weighted by Gasteiger charge is 2.32. The highest BCUT2D eigenvalue weighted by Crippen LogP contribution is 2.34. The minimum absolute atomic E-state index is 0.0366. The number of alkyl halides is 1. The second-order valence-electron chi connectivity index (χ2n) is 4.97. The number of nitrogens with zero attached hydrogens (tertiary/aromatic N) is 1. The highest BCUT2D eigenvalue weighted by atomic mass is 35.5. The Kier molecular flexibility index (Phi) is 5.24. The zero-order valence-electron chi connectivity index (χ0n) is 11.1. The number of benzene rings is 1. The van der Waals surface area contributed by atoms with Gasteiger partial charge in [0.05, 0.1) is 5.02 Å². The van der Waals surface area contributed by atoms with Crippen LogP contribution in [0.3, 0.4) is 0 Å². The molecule has 112 valence electrons. The summed E-state index contributed by atoms with van der Waals surface area (Å²) in [6.07, 6.45) is 3.88. The van der Waals surface area contributed by atoms with E-state index in [0.29, 0.717) is 10.6 Å². The van der Waals surface area contributed by atoms with Gasteiger partial charge >= 0.3 is 0 Å². The second-order valence-corrected chi connectivity index (χ2v) is 8.02. The Morgan fingerprint density at radius 3 is 2.40 bits per heavy atom. The van der Waals surface area contributed by atoms with Crippen molar-refractivity contribution < 1.29 is 8.42 Å². The monoisotopic (exact) mass is 355 g/mol. The quantitative estimate of drug-likeness (QED) is 0.754. The van der Waals surface area contributed by atoms with E-state index < -0.39 is 10.0 Å². The Balaban J connectivity index is 2.45. The average Bonchev–Trinajstić information content (AvgIpc) is 2.93. The largest absolute Gasteiger partial charge is 0.244 e. The van der Waals surface area contributed by atoms with Gasteiger partial charge in [-0.05, 0) is 30.5 Å². The lowest BCUT2D eigenvalue weighted by atomic mass is 10.2. The summed E-state index contributed by atoms with van der Waals surface area (Å²) in [5.74, 6) is 0.120. The molecule has 0 aromatic heterocycles. The number of hydrogen-bond acceptors (Lipinski definition) is 2. The first kappa shape index (κ1) is 16.4. The summed E-state index contributed by atoms with van der Waals surface area (Å²) in [5.41, 5.74) is 0.527. The first-order chi connectivity index (χ1) is 9.37. The minimum atomic E-state index is -3.65. The van der Waals surface area contributed by atoms with Crippen LogP contribution in [-0.4, -0.2) is 25.8 Å². The third kappa shape index (κ3) is 3.09. The number of halogens is 3. The van der Waals surface area contributed by atoms with Crippen molar-refractivity contribution in [3.8, 4) is 0 Å². The molecule has 1 aliphatic carbocycles. The number of hydrogen-bond donors (Lipinski definition) is 0. The summed E-state index contributed by atoms with van der Waals surface area (Å²) in [6.45, 7) is 0. The molecule has 0 saturated heterocycles. The van der Waals surface area contributed by atoms with E-state index in [9.17, 15) is 8.42 Å². The van der Waals surface area contributed by atoms with Crippen molar-refractivity contribution in [2.75, 3.05) is 7.05 Å². The average molecular weight is 357 g/mol. The molecule has 0 atom stereocenters. The summed E-state index contributed by atoms with van der Waals surface area (Å²) in [5, 5.41) is 0.484. The summed E-state index contributed by atoms with van der Waals surface area (Å²) in [7, 11) is -2.05. The third-order valence-electron chi connectivity index (χ3n) is 3.72. The molecule has 0 spiro atoms. The Hall–Kier alpha value is -0.000000000000000111. The smallest absolute Gasteiger partial charge is 0.207 e. The normalized spacial score (nSPS) is 17.1. The van der Waals surface area contributed by atoms with Gasteiger partial charge in [-0.25, -0.2) is 8.42 Å². The van der Waals surface area contributed by atoms with Crippen LogP contribution in [-0.2, 0) is 15.9 Å². The molecule has 0 unspecified atom stereocenters. The Morgan fingerprint density at radius 2 is 1.85 bits per heavy atom. The van der Waals surface area contributed by atoms with E-state index in [4.69, 9.17) is 34.8 Å². The van der Waals surface area contributed by atoms with Gasteiger partial charge in [-0.3, -0.25) is 0 Å². The lowest BCUT2D eigenvalue weighted by Crippen LogP contribution is -2.35. The molecule has 1 fully saturated rings. The third-order valence-corrected chi connectivity index (χ3v) is 6.72. The fourth-order valence-electron chi connectivity index (χ4n) is 2.52. The molecular weight excluding hydrogens is 341 g/mol. The van der Waals surface area contributed by atoms with Crippen LogP contribution in [0.25, 0.3) is 0 Å². The van der Waals surface area contributed by atoms with Crippen LogP contribution in [0.1, 0.15) is 31.2 Å². The second kappa shape index (κ2) is 6.41. The van der Waals surface area contributed by atoms with Crippen molar-refractivity contribution in [1.82, 2.24) is 4.31 Å². The van der Waals surface area contributed by atoms with Gasteiger partial charge in [0.15, 0.2) is 0 Å². The van der Waals surface area contributed by atoms with E-state index in [-0.39, 0.29) is 21.8 Å². The van der Waals surface area contributed by atoms with Crippen molar-refractivity contribution >= 4 is 44.8 Å². The SMILES string of the molecule is CN(C1CCCC1)S(=O)(=O)c1cc(Cl)cc(CCl)c1Cl. The molecule has 3 nitrogen and oxygen atoms in total. The highest BCUT2D eigenvalue weighted by molar-refractivity contribution is 7.89. The number of sulfonamides is 1. The van der Waals surface area contributed by atoms with E-state index in [1.165, 1.54) is 10.4 Å². The molecule has 1 saturated carbocycles. The molecule has 1 aromatic carbocycles. The maximum absolute atomic E-state index is 12.7. The molecular formula is C13H16Cl3NO2S. The maximum atomic E-state index is 12.7. The van der Waals surface area contributed by atoms with Crippen LogP contribution >= 0.6 is 34.8 Å². The van der Waals surface area contributed by atoms with Crippen LogP contribution in [0.15, 0.2) is 17.0 Å². The van der Waals surface area contributed by atoms with Gasteiger partial charge in [0.2, 0.25) is 10.0 Å². The first-order valence-corrected chi connectivity index (χ1v) is 9.13. The van der Waals surface area contributed by atoms with Crippen molar-refractivity contribution in [2.45, 2.75) is 42.5 Å². The van der Waals surface area contributed by atoms with Crippen molar-refractivity contribution in [3.05, 3.63) is 27.7 Å². The van der Waals surface area contributed by atoms with Gasteiger partial charge in [-0.2, -0.15) is 4.31 Å². The predicted molar refractivity (Wildman–Crippen MR) is 83.2 cm³/mol. The zero-order chi connectivity index (χ0) is 14.9. The van der Waals surface area contributed by atoms with Crippen LogP contribution in [0.5, 0.6) is 0 Å². The Bertz CT molecular complexity index is 598. The van der Waals surface area contributed by atoms with Gasteiger partial charge in [-0.15, -0.1) is 11.6 Å². The summed E-state index contributed by atoms with van der Waals surface area (Å²) >= 11 is 17.9. The van der Waals surface area contributed by atoms with Crippen molar-refractivity contribution in [1.29, 1.82) is 0 Å². The fraction of sp³-hybridized carbons (Fsp3) is 0.538. The zero-order valence-corrected chi connectivity index (χ0v) is 14.2. The van der Waals surface area contributed by atoms with Gasteiger partial charge in [-0.1, -0.05) is 36.0 Å².